The van der Waals surface area contributed by atoms with E-state index in [-0.39, 0.29) is 11.0 Å². The third-order valence-corrected chi connectivity index (χ3v) is 4.38. The lowest BCUT2D eigenvalue weighted by atomic mass is 10.2. The van der Waals surface area contributed by atoms with Crippen molar-refractivity contribution in [2.24, 2.45) is 5.10 Å². The third-order valence-electron chi connectivity index (χ3n) is 3.14. The van der Waals surface area contributed by atoms with Crippen LogP contribution in [0.5, 0.6) is 11.5 Å². The van der Waals surface area contributed by atoms with Gasteiger partial charge in [-0.3, -0.25) is 0 Å². The molecule has 0 amide bonds. The van der Waals surface area contributed by atoms with Gasteiger partial charge >= 0.3 is 0 Å². The van der Waals surface area contributed by atoms with Crippen LogP contribution in [0.1, 0.15) is 26.3 Å². The van der Waals surface area contributed by atoms with Crippen molar-refractivity contribution >= 4 is 16.2 Å². The second kappa shape index (κ2) is 8.66. The molecule has 2 aromatic carbocycles. The molecule has 8 heteroatoms. The fraction of sp³-hybridized carbons (Fsp3) is 0.278. The molecule has 0 atom stereocenters. The number of rotatable bonds is 8. The van der Waals surface area contributed by atoms with Gasteiger partial charge in [-0.25, -0.2) is 9.22 Å². The van der Waals surface area contributed by atoms with Crippen molar-refractivity contribution in [1.29, 1.82) is 0 Å². The molecular weight excluding hydrogens is 359 g/mol. The van der Waals surface area contributed by atoms with Crippen molar-refractivity contribution in [2.75, 3.05) is 6.61 Å². The fourth-order valence-corrected chi connectivity index (χ4v) is 2.85. The van der Waals surface area contributed by atoms with Gasteiger partial charge in [0.15, 0.2) is 11.5 Å². The molecule has 0 saturated carbocycles. The normalized spacial score (nSPS) is 11.7. The first-order valence-corrected chi connectivity index (χ1v) is 9.54. The average Bonchev–Trinajstić information content (AvgIpc) is 2.57. The highest BCUT2D eigenvalue weighted by Gasteiger charge is 2.12. The summed E-state index contributed by atoms with van der Waals surface area (Å²) in [5.74, 6) is 0.636. The topological polar surface area (TPSA) is 77.0 Å². The van der Waals surface area contributed by atoms with Gasteiger partial charge in [0.2, 0.25) is 0 Å². The lowest BCUT2D eigenvalue weighted by Crippen LogP contribution is -2.18. The number of hydrazone groups is 1. The highest BCUT2D eigenvalue weighted by molar-refractivity contribution is 7.89. The van der Waals surface area contributed by atoms with Crippen LogP contribution in [0.4, 0.5) is 4.39 Å². The van der Waals surface area contributed by atoms with E-state index in [2.05, 4.69) is 9.93 Å². The van der Waals surface area contributed by atoms with Crippen LogP contribution in [0.15, 0.2) is 52.5 Å². The van der Waals surface area contributed by atoms with E-state index < -0.39 is 15.8 Å². The van der Waals surface area contributed by atoms with Crippen molar-refractivity contribution in [3.63, 3.8) is 0 Å². The molecule has 0 bridgehead atoms. The highest BCUT2D eigenvalue weighted by atomic mass is 32.2. The average molecular weight is 380 g/mol. The van der Waals surface area contributed by atoms with E-state index >= 15 is 0 Å². The zero-order valence-corrected chi connectivity index (χ0v) is 15.6. The monoisotopic (exact) mass is 380 g/mol. The number of hydrogen-bond donors (Lipinski definition) is 1. The van der Waals surface area contributed by atoms with Gasteiger partial charge in [-0.05, 0) is 68.8 Å². The van der Waals surface area contributed by atoms with Crippen LogP contribution in [0.25, 0.3) is 0 Å². The molecule has 2 aromatic rings. The van der Waals surface area contributed by atoms with E-state index in [0.717, 1.165) is 12.1 Å². The Balaban J connectivity index is 2.14. The van der Waals surface area contributed by atoms with Crippen LogP contribution in [0.3, 0.4) is 0 Å². The second-order valence-electron chi connectivity index (χ2n) is 5.61. The van der Waals surface area contributed by atoms with Crippen molar-refractivity contribution in [3.05, 3.63) is 53.8 Å². The Morgan fingerprint density at radius 1 is 1.15 bits per heavy atom. The van der Waals surface area contributed by atoms with Gasteiger partial charge in [-0.15, -0.1) is 0 Å². The van der Waals surface area contributed by atoms with E-state index in [1.54, 1.807) is 18.2 Å². The largest absolute Gasteiger partial charge is 0.490 e. The molecule has 0 radical (unpaired) electrons. The Morgan fingerprint density at radius 3 is 2.46 bits per heavy atom. The van der Waals surface area contributed by atoms with Crippen molar-refractivity contribution < 1.29 is 22.3 Å². The first-order valence-electron chi connectivity index (χ1n) is 8.05. The Hall–Kier alpha value is -2.61. The van der Waals surface area contributed by atoms with E-state index in [4.69, 9.17) is 9.47 Å². The first-order chi connectivity index (χ1) is 12.3. The molecule has 0 aromatic heterocycles. The molecule has 0 aliphatic rings. The summed E-state index contributed by atoms with van der Waals surface area (Å²) in [6, 6.07) is 9.64. The van der Waals surface area contributed by atoms with E-state index in [1.807, 2.05) is 20.8 Å². The fourth-order valence-electron chi connectivity index (χ4n) is 2.06. The standard InChI is InChI=1S/C18H21FN2O4S/c1-4-24-18-11-14(5-10-17(18)25-13(2)3)12-20-21-26(22,23)16-8-6-15(19)7-9-16/h5-13,21H,4H2,1-3H3/b20-12+. The lowest BCUT2D eigenvalue weighted by molar-refractivity contribution is 0.224. The minimum Gasteiger partial charge on any atom is -0.490 e. The van der Waals surface area contributed by atoms with Gasteiger partial charge < -0.3 is 9.47 Å². The molecule has 0 heterocycles. The molecule has 6 nitrogen and oxygen atoms in total. The lowest BCUT2D eigenvalue weighted by Gasteiger charge is -2.14. The van der Waals surface area contributed by atoms with Gasteiger partial charge in [0.25, 0.3) is 10.0 Å². The van der Waals surface area contributed by atoms with Gasteiger partial charge in [-0.2, -0.15) is 13.5 Å². The molecular formula is C18H21FN2O4S. The van der Waals surface area contributed by atoms with Crippen molar-refractivity contribution in [2.45, 2.75) is 31.8 Å². The zero-order valence-electron chi connectivity index (χ0n) is 14.8. The Bertz CT molecular complexity index is 865. The van der Waals surface area contributed by atoms with E-state index in [0.29, 0.717) is 23.7 Å². The number of nitrogens with zero attached hydrogens (tertiary/aromatic N) is 1. The number of ether oxygens (including phenoxy) is 2. The maximum Gasteiger partial charge on any atom is 0.276 e. The zero-order chi connectivity index (χ0) is 19.2. The number of sulfonamides is 1. The predicted octanol–water partition coefficient (Wildman–Crippen LogP) is 3.32. The quantitative estimate of drug-likeness (QED) is 0.563. The number of benzene rings is 2. The molecule has 0 aliphatic carbocycles. The highest BCUT2D eigenvalue weighted by Crippen LogP contribution is 2.29. The SMILES string of the molecule is CCOc1cc(/C=N/NS(=O)(=O)c2ccc(F)cc2)ccc1OC(C)C. The Morgan fingerprint density at radius 2 is 1.85 bits per heavy atom. The molecule has 1 N–H and O–H groups in total. The summed E-state index contributed by atoms with van der Waals surface area (Å²) in [6.07, 6.45) is 1.35. The van der Waals surface area contributed by atoms with Gasteiger partial charge in [0.05, 0.1) is 23.8 Å². The molecule has 0 saturated heterocycles. The van der Waals surface area contributed by atoms with E-state index in [1.165, 1.54) is 18.3 Å². The van der Waals surface area contributed by atoms with E-state index in [9.17, 15) is 12.8 Å². The number of nitrogens with one attached hydrogen (secondary N) is 1. The van der Waals surface area contributed by atoms with Gasteiger partial charge in [0.1, 0.15) is 5.82 Å². The molecule has 140 valence electrons. The van der Waals surface area contributed by atoms with Crippen molar-refractivity contribution in [1.82, 2.24) is 4.83 Å². The summed E-state index contributed by atoms with van der Waals surface area (Å²) in [7, 11) is -3.86. The summed E-state index contributed by atoms with van der Waals surface area (Å²) in [4.78, 5) is 2.01. The minimum absolute atomic E-state index is 0.00348. The summed E-state index contributed by atoms with van der Waals surface area (Å²) in [5, 5.41) is 3.75. The Labute approximate surface area is 152 Å². The third kappa shape index (κ3) is 5.45. The first kappa shape index (κ1) is 19.7. The molecule has 0 unspecified atom stereocenters. The maximum absolute atomic E-state index is 12.9. The minimum atomic E-state index is -3.86. The molecule has 2 rings (SSSR count). The van der Waals surface area contributed by atoms with Crippen LogP contribution in [-0.2, 0) is 10.0 Å². The van der Waals surface area contributed by atoms with Crippen LogP contribution >= 0.6 is 0 Å². The summed E-state index contributed by atoms with van der Waals surface area (Å²) >= 11 is 0. The van der Waals surface area contributed by atoms with Gasteiger partial charge in [0, 0.05) is 0 Å². The molecule has 0 fully saturated rings. The van der Waals surface area contributed by atoms with Crippen LogP contribution in [0.2, 0.25) is 0 Å². The Kier molecular flexibility index (Phi) is 6.57. The van der Waals surface area contributed by atoms with Crippen molar-refractivity contribution in [3.8, 4) is 11.5 Å². The summed E-state index contributed by atoms with van der Waals surface area (Å²) < 4.78 is 48.3. The molecule has 0 spiro atoms. The van der Waals surface area contributed by atoms with Crippen LogP contribution in [-0.4, -0.2) is 27.3 Å². The second-order valence-corrected chi connectivity index (χ2v) is 7.27. The van der Waals surface area contributed by atoms with Crippen LogP contribution < -0.4 is 14.3 Å². The maximum atomic E-state index is 12.9. The number of hydrogen-bond acceptors (Lipinski definition) is 5. The van der Waals surface area contributed by atoms with Crippen LogP contribution in [0, 0.1) is 5.82 Å². The summed E-state index contributed by atoms with van der Waals surface area (Å²) in [5.41, 5.74) is 0.631. The molecule has 0 aliphatic heterocycles. The number of halogens is 1. The summed E-state index contributed by atoms with van der Waals surface area (Å²) in [6.45, 7) is 6.15. The molecule has 26 heavy (non-hydrogen) atoms. The predicted molar refractivity (Wildman–Crippen MR) is 97.7 cm³/mol. The van der Waals surface area contributed by atoms with Gasteiger partial charge in [-0.1, -0.05) is 0 Å². The smallest absolute Gasteiger partial charge is 0.276 e.